The monoisotopic (exact) mass is 208 g/mol. The second-order valence-electron chi connectivity index (χ2n) is 2.94. The van der Waals surface area contributed by atoms with Crippen LogP contribution in [0.1, 0.15) is 5.69 Å². The van der Waals surface area contributed by atoms with Crippen LogP contribution in [-0.2, 0) is 0 Å². The van der Waals surface area contributed by atoms with Gasteiger partial charge in [-0.05, 0) is 19.1 Å². The largest absolute Gasteiger partial charge is 0.381 e. The number of nitrogen functional groups attached to an aromatic ring is 1. The molecule has 2 heterocycles. The molecule has 2 rings (SSSR count). The highest BCUT2D eigenvalue weighted by Crippen LogP contribution is 2.17. The summed E-state index contributed by atoms with van der Waals surface area (Å²) in [5.74, 6) is 1.03. The minimum Gasteiger partial charge on any atom is -0.381 e. The molecule has 2 aromatic heterocycles. The summed E-state index contributed by atoms with van der Waals surface area (Å²) in [6.07, 6.45) is 1.64. The Morgan fingerprint density at radius 1 is 1.43 bits per heavy atom. The van der Waals surface area contributed by atoms with Gasteiger partial charge in [0.15, 0.2) is 11.6 Å². The van der Waals surface area contributed by atoms with E-state index in [1.807, 2.05) is 25.1 Å². The molecule has 0 aliphatic carbocycles. The Morgan fingerprint density at radius 2 is 2.21 bits per heavy atom. The van der Waals surface area contributed by atoms with E-state index < -0.39 is 0 Å². The first-order valence-electron chi connectivity index (χ1n) is 4.11. The maximum Gasteiger partial charge on any atom is 0.164 e. The number of hydrogen-bond donors (Lipinski definition) is 1. The summed E-state index contributed by atoms with van der Waals surface area (Å²) in [7, 11) is 0. The molecular formula is C9H9ClN4. The van der Waals surface area contributed by atoms with Gasteiger partial charge in [-0.3, -0.25) is 0 Å². The number of halogens is 1. The number of aromatic nitrogens is 3. The summed E-state index contributed by atoms with van der Waals surface area (Å²) in [5.41, 5.74) is 6.45. The standard InChI is InChI=1S/C9H9ClN4/c1-6-3-2-4-8(12-6)14-5-7(10)9(11)13-14/h2-5H,1H3,(H2,11,13). The predicted molar refractivity (Wildman–Crippen MR) is 55.5 cm³/mol. The lowest BCUT2D eigenvalue weighted by molar-refractivity contribution is 0.845. The summed E-state index contributed by atoms with van der Waals surface area (Å²) < 4.78 is 1.56. The molecule has 0 fully saturated rings. The van der Waals surface area contributed by atoms with E-state index in [4.69, 9.17) is 17.3 Å². The third-order valence-corrected chi connectivity index (χ3v) is 2.10. The molecule has 0 unspecified atom stereocenters. The zero-order valence-electron chi connectivity index (χ0n) is 7.61. The van der Waals surface area contributed by atoms with E-state index in [0.29, 0.717) is 16.7 Å². The fourth-order valence-electron chi connectivity index (χ4n) is 1.14. The lowest BCUT2D eigenvalue weighted by Crippen LogP contribution is -1.99. The lowest BCUT2D eigenvalue weighted by Gasteiger charge is -1.99. The Morgan fingerprint density at radius 3 is 2.79 bits per heavy atom. The quantitative estimate of drug-likeness (QED) is 0.778. The van der Waals surface area contributed by atoms with E-state index in [-0.39, 0.29) is 0 Å². The van der Waals surface area contributed by atoms with Gasteiger partial charge in [0.05, 0.1) is 6.20 Å². The number of rotatable bonds is 1. The fraction of sp³-hybridized carbons (Fsp3) is 0.111. The minimum atomic E-state index is 0.315. The molecule has 0 radical (unpaired) electrons. The average Bonchev–Trinajstić information content (AvgIpc) is 2.47. The van der Waals surface area contributed by atoms with Gasteiger partial charge >= 0.3 is 0 Å². The van der Waals surface area contributed by atoms with E-state index in [0.717, 1.165) is 5.69 Å². The summed E-state index contributed by atoms with van der Waals surface area (Å²) >= 11 is 5.78. The van der Waals surface area contributed by atoms with Crippen LogP contribution in [0, 0.1) is 6.92 Å². The number of nitrogens with two attached hydrogens (primary N) is 1. The first kappa shape index (κ1) is 9.02. The molecule has 0 aromatic carbocycles. The normalized spacial score (nSPS) is 10.4. The number of anilines is 1. The van der Waals surface area contributed by atoms with Gasteiger partial charge < -0.3 is 5.73 Å². The number of hydrogen-bond acceptors (Lipinski definition) is 3. The molecule has 4 nitrogen and oxygen atoms in total. The molecule has 0 saturated heterocycles. The van der Waals surface area contributed by atoms with Gasteiger partial charge in [0.1, 0.15) is 5.02 Å². The Kier molecular flexibility index (Phi) is 2.13. The topological polar surface area (TPSA) is 56.7 Å². The van der Waals surface area contributed by atoms with Crippen LogP contribution < -0.4 is 5.73 Å². The van der Waals surface area contributed by atoms with Gasteiger partial charge in [-0.15, -0.1) is 5.10 Å². The maximum atomic E-state index is 5.78. The van der Waals surface area contributed by atoms with Crippen LogP contribution in [-0.4, -0.2) is 14.8 Å². The first-order chi connectivity index (χ1) is 6.66. The van der Waals surface area contributed by atoms with Crippen molar-refractivity contribution in [2.45, 2.75) is 6.92 Å². The molecule has 0 aliphatic rings. The molecule has 0 spiro atoms. The Balaban J connectivity index is 2.49. The lowest BCUT2D eigenvalue weighted by atomic mass is 10.4. The molecule has 0 bridgehead atoms. The van der Waals surface area contributed by atoms with Gasteiger partial charge in [-0.25, -0.2) is 9.67 Å². The SMILES string of the molecule is Cc1cccc(-n2cc(Cl)c(N)n2)n1. The van der Waals surface area contributed by atoms with E-state index in [9.17, 15) is 0 Å². The third-order valence-electron chi connectivity index (χ3n) is 1.80. The van der Waals surface area contributed by atoms with Crippen molar-refractivity contribution >= 4 is 17.4 Å². The summed E-state index contributed by atoms with van der Waals surface area (Å²) in [5, 5.41) is 4.46. The molecule has 2 N–H and O–H groups in total. The highest BCUT2D eigenvalue weighted by molar-refractivity contribution is 6.32. The van der Waals surface area contributed by atoms with E-state index >= 15 is 0 Å². The molecule has 0 atom stereocenters. The van der Waals surface area contributed by atoms with Crippen LogP contribution in [0.3, 0.4) is 0 Å². The van der Waals surface area contributed by atoms with E-state index in [2.05, 4.69) is 10.1 Å². The van der Waals surface area contributed by atoms with Crippen molar-refractivity contribution in [1.82, 2.24) is 14.8 Å². The van der Waals surface area contributed by atoms with Crippen LogP contribution in [0.2, 0.25) is 5.02 Å². The van der Waals surface area contributed by atoms with Gasteiger partial charge in [0.2, 0.25) is 0 Å². The Hall–Kier alpha value is -1.55. The van der Waals surface area contributed by atoms with Crippen LogP contribution in [0.5, 0.6) is 0 Å². The summed E-state index contributed by atoms with van der Waals surface area (Å²) in [4.78, 5) is 4.28. The van der Waals surface area contributed by atoms with Gasteiger partial charge in [-0.1, -0.05) is 17.7 Å². The second kappa shape index (κ2) is 3.31. The van der Waals surface area contributed by atoms with Gasteiger partial charge in [0.25, 0.3) is 0 Å². The first-order valence-corrected chi connectivity index (χ1v) is 4.49. The van der Waals surface area contributed by atoms with Gasteiger partial charge in [0, 0.05) is 5.69 Å². The molecule has 0 aliphatic heterocycles. The highest BCUT2D eigenvalue weighted by atomic mass is 35.5. The summed E-state index contributed by atoms with van der Waals surface area (Å²) in [6, 6.07) is 5.66. The second-order valence-corrected chi connectivity index (χ2v) is 3.35. The molecule has 2 aromatic rings. The molecule has 5 heteroatoms. The van der Waals surface area contributed by atoms with E-state index in [1.165, 1.54) is 0 Å². The van der Waals surface area contributed by atoms with Crippen LogP contribution >= 0.6 is 11.6 Å². The minimum absolute atomic E-state index is 0.315. The zero-order valence-corrected chi connectivity index (χ0v) is 8.36. The third kappa shape index (κ3) is 1.56. The summed E-state index contributed by atoms with van der Waals surface area (Å²) in [6.45, 7) is 1.91. The zero-order chi connectivity index (χ0) is 10.1. The number of nitrogens with zero attached hydrogens (tertiary/aromatic N) is 3. The van der Waals surface area contributed by atoms with Crippen LogP contribution in [0.4, 0.5) is 5.82 Å². The molecular weight excluding hydrogens is 200 g/mol. The number of aryl methyl sites for hydroxylation is 1. The molecule has 14 heavy (non-hydrogen) atoms. The van der Waals surface area contributed by atoms with Crippen LogP contribution in [0.15, 0.2) is 24.4 Å². The van der Waals surface area contributed by atoms with Gasteiger partial charge in [-0.2, -0.15) is 0 Å². The van der Waals surface area contributed by atoms with Crippen molar-refractivity contribution in [3.8, 4) is 5.82 Å². The van der Waals surface area contributed by atoms with Crippen LogP contribution in [0.25, 0.3) is 5.82 Å². The van der Waals surface area contributed by atoms with E-state index in [1.54, 1.807) is 10.9 Å². The molecule has 0 amide bonds. The Labute approximate surface area is 86.3 Å². The average molecular weight is 209 g/mol. The van der Waals surface area contributed by atoms with Crippen molar-refractivity contribution < 1.29 is 0 Å². The van der Waals surface area contributed by atoms with Crippen molar-refractivity contribution in [3.63, 3.8) is 0 Å². The molecule has 72 valence electrons. The smallest absolute Gasteiger partial charge is 0.164 e. The number of pyridine rings is 1. The van der Waals surface area contributed by atoms with Crippen molar-refractivity contribution in [1.29, 1.82) is 0 Å². The predicted octanol–water partition coefficient (Wildman–Crippen LogP) is 1.81. The van der Waals surface area contributed by atoms with Crippen molar-refractivity contribution in [2.75, 3.05) is 5.73 Å². The molecule has 0 saturated carbocycles. The maximum absolute atomic E-state index is 5.78. The van der Waals surface area contributed by atoms with Crippen molar-refractivity contribution in [2.24, 2.45) is 0 Å². The van der Waals surface area contributed by atoms with Crippen molar-refractivity contribution in [3.05, 3.63) is 35.1 Å². The fourth-order valence-corrected chi connectivity index (χ4v) is 1.27. The Bertz CT molecular complexity index is 444. The highest BCUT2D eigenvalue weighted by Gasteiger charge is 2.04.